The molecule has 1 aromatic heterocycles. The fourth-order valence-electron chi connectivity index (χ4n) is 1.68. The summed E-state index contributed by atoms with van der Waals surface area (Å²) in [6, 6.07) is 10.6. The van der Waals surface area contributed by atoms with Crippen LogP contribution in [0.1, 0.15) is 13.3 Å². The second kappa shape index (κ2) is 6.38. The lowest BCUT2D eigenvalue weighted by molar-refractivity contribution is -0.304. The lowest BCUT2D eigenvalue weighted by Gasteiger charge is -2.14. The minimum absolute atomic E-state index is 0.285. The second-order valence-electron chi connectivity index (χ2n) is 4.14. The number of aliphatic carboxylic acids is 1. The molecule has 0 aliphatic rings. The average molecular weight is 289 g/mol. The topological polar surface area (TPSA) is 85.9 Å². The predicted octanol–water partition coefficient (Wildman–Crippen LogP) is 1.06. The lowest BCUT2D eigenvalue weighted by Crippen LogP contribution is -2.33. The van der Waals surface area contributed by atoms with Gasteiger partial charge >= 0.3 is 0 Å². The van der Waals surface area contributed by atoms with Crippen molar-refractivity contribution in [3.63, 3.8) is 0 Å². The number of thioether (sulfide) groups is 1. The molecule has 1 aromatic carbocycles. The van der Waals surface area contributed by atoms with Gasteiger partial charge in [-0.15, -0.1) is 0 Å². The Bertz CT molecular complexity index is 655. The Morgan fingerprint density at radius 2 is 2.10 bits per heavy atom. The standard InChI is InChI=1S/C14H14N2O3S/c1-2-11(13(18)19)20-14-15-10(8-12(17)16-14)9-6-4-3-5-7-9/h3-8,11H,2H2,1H3,(H,18,19)(H,15,16,17)/p-1/t11-/m1/s1. The van der Waals surface area contributed by atoms with Crippen molar-refractivity contribution in [1.82, 2.24) is 9.97 Å². The van der Waals surface area contributed by atoms with Gasteiger partial charge in [0.2, 0.25) is 0 Å². The van der Waals surface area contributed by atoms with E-state index in [0.29, 0.717) is 12.1 Å². The van der Waals surface area contributed by atoms with Crippen LogP contribution in [-0.2, 0) is 4.79 Å². The van der Waals surface area contributed by atoms with Crippen LogP contribution in [0.5, 0.6) is 0 Å². The maximum absolute atomic E-state index is 11.7. The zero-order valence-electron chi connectivity index (χ0n) is 10.8. The van der Waals surface area contributed by atoms with Crippen LogP contribution >= 0.6 is 11.8 Å². The number of carboxylic acid groups (broad SMARTS) is 1. The van der Waals surface area contributed by atoms with E-state index in [1.54, 1.807) is 6.92 Å². The van der Waals surface area contributed by atoms with Gasteiger partial charge in [-0.1, -0.05) is 49.0 Å². The van der Waals surface area contributed by atoms with Gasteiger partial charge in [0.25, 0.3) is 5.56 Å². The van der Waals surface area contributed by atoms with Crippen molar-refractivity contribution in [2.45, 2.75) is 23.8 Å². The molecule has 0 spiro atoms. The van der Waals surface area contributed by atoms with Gasteiger partial charge in [-0.25, -0.2) is 4.98 Å². The number of rotatable bonds is 5. The molecule has 0 aliphatic carbocycles. The Labute approximate surface area is 120 Å². The fourth-order valence-corrected chi connectivity index (χ4v) is 2.52. The van der Waals surface area contributed by atoms with Gasteiger partial charge in [0.1, 0.15) is 0 Å². The summed E-state index contributed by atoms with van der Waals surface area (Å²) in [6.45, 7) is 1.74. The van der Waals surface area contributed by atoms with Gasteiger partial charge in [-0.2, -0.15) is 0 Å². The summed E-state index contributed by atoms with van der Waals surface area (Å²) in [5.41, 5.74) is 1.02. The number of nitrogens with one attached hydrogen (secondary N) is 1. The largest absolute Gasteiger partial charge is 0.549 e. The van der Waals surface area contributed by atoms with Crippen LogP contribution in [0.25, 0.3) is 11.3 Å². The molecule has 2 aromatic rings. The zero-order chi connectivity index (χ0) is 14.5. The van der Waals surface area contributed by atoms with Crippen LogP contribution in [0.15, 0.2) is 46.3 Å². The number of hydrogen-bond donors (Lipinski definition) is 1. The summed E-state index contributed by atoms with van der Waals surface area (Å²) in [7, 11) is 0. The molecule has 20 heavy (non-hydrogen) atoms. The third kappa shape index (κ3) is 3.48. The van der Waals surface area contributed by atoms with E-state index in [0.717, 1.165) is 17.3 Å². The quantitative estimate of drug-likeness (QED) is 0.657. The number of nitrogens with zero attached hydrogens (tertiary/aromatic N) is 1. The summed E-state index contributed by atoms with van der Waals surface area (Å²) >= 11 is 0.991. The van der Waals surface area contributed by atoms with Gasteiger partial charge in [-0.05, 0) is 6.42 Å². The van der Waals surface area contributed by atoms with E-state index in [4.69, 9.17) is 0 Å². The number of aromatic amines is 1. The minimum atomic E-state index is -1.16. The minimum Gasteiger partial charge on any atom is -0.549 e. The molecule has 0 aliphatic heterocycles. The number of aromatic nitrogens is 2. The van der Waals surface area contributed by atoms with Crippen LogP contribution in [0.4, 0.5) is 0 Å². The molecule has 1 atom stereocenters. The maximum Gasteiger partial charge on any atom is 0.252 e. The molecule has 5 nitrogen and oxygen atoms in total. The summed E-state index contributed by atoms with van der Waals surface area (Å²) in [4.78, 5) is 29.4. The molecule has 0 amide bonds. The first-order valence-electron chi connectivity index (χ1n) is 6.14. The van der Waals surface area contributed by atoms with Crippen LogP contribution in [0.3, 0.4) is 0 Å². The number of benzene rings is 1. The van der Waals surface area contributed by atoms with E-state index in [2.05, 4.69) is 9.97 Å². The molecule has 2 rings (SSSR count). The molecule has 1 heterocycles. The van der Waals surface area contributed by atoms with Gasteiger partial charge < -0.3 is 14.9 Å². The molecule has 0 fully saturated rings. The van der Waals surface area contributed by atoms with Gasteiger partial charge in [0.15, 0.2) is 5.16 Å². The SMILES string of the molecule is CC[C@@H](Sc1nc(-c2ccccc2)cc(=O)[nH]1)C(=O)[O-]. The monoisotopic (exact) mass is 289 g/mol. The molecular weight excluding hydrogens is 276 g/mol. The Balaban J connectivity index is 2.34. The van der Waals surface area contributed by atoms with E-state index in [9.17, 15) is 14.7 Å². The first-order valence-corrected chi connectivity index (χ1v) is 7.02. The van der Waals surface area contributed by atoms with Gasteiger partial charge in [-0.3, -0.25) is 4.79 Å². The molecule has 0 bridgehead atoms. The smallest absolute Gasteiger partial charge is 0.252 e. The van der Waals surface area contributed by atoms with Crippen molar-refractivity contribution in [2.75, 3.05) is 0 Å². The molecule has 104 valence electrons. The van der Waals surface area contributed by atoms with E-state index in [1.807, 2.05) is 30.3 Å². The highest BCUT2D eigenvalue weighted by Crippen LogP contribution is 2.23. The van der Waals surface area contributed by atoms with E-state index >= 15 is 0 Å². The summed E-state index contributed by atoms with van der Waals surface area (Å²) in [5.74, 6) is -1.16. The van der Waals surface area contributed by atoms with Crippen molar-refractivity contribution < 1.29 is 9.90 Å². The Kier molecular flexibility index (Phi) is 4.57. The lowest BCUT2D eigenvalue weighted by atomic mass is 10.1. The fraction of sp³-hybridized carbons (Fsp3) is 0.214. The molecule has 0 unspecified atom stereocenters. The van der Waals surface area contributed by atoms with Crippen molar-refractivity contribution in [3.05, 3.63) is 46.8 Å². The number of carbonyl (C=O) groups excluding carboxylic acids is 1. The third-order valence-electron chi connectivity index (χ3n) is 2.68. The van der Waals surface area contributed by atoms with Crippen molar-refractivity contribution in [3.8, 4) is 11.3 Å². The Morgan fingerprint density at radius 1 is 1.40 bits per heavy atom. The number of carboxylic acids is 1. The van der Waals surface area contributed by atoms with E-state index < -0.39 is 11.2 Å². The highest BCUT2D eigenvalue weighted by atomic mass is 32.2. The second-order valence-corrected chi connectivity index (χ2v) is 5.33. The normalized spacial score (nSPS) is 12.1. The first-order chi connectivity index (χ1) is 9.60. The van der Waals surface area contributed by atoms with Crippen molar-refractivity contribution in [2.24, 2.45) is 0 Å². The van der Waals surface area contributed by atoms with Crippen molar-refractivity contribution in [1.29, 1.82) is 0 Å². The number of carbonyl (C=O) groups is 1. The Hall–Kier alpha value is -2.08. The summed E-state index contributed by atoms with van der Waals surface area (Å²) < 4.78 is 0. The third-order valence-corrected chi connectivity index (χ3v) is 3.90. The predicted molar refractivity (Wildman–Crippen MR) is 75.2 cm³/mol. The highest BCUT2D eigenvalue weighted by Gasteiger charge is 2.12. The van der Waals surface area contributed by atoms with Crippen molar-refractivity contribution >= 4 is 17.7 Å². The van der Waals surface area contributed by atoms with E-state index in [-0.39, 0.29) is 10.7 Å². The molecular formula is C14H13N2O3S-. The Morgan fingerprint density at radius 3 is 2.70 bits per heavy atom. The van der Waals surface area contributed by atoms with Gasteiger partial charge in [0, 0.05) is 11.6 Å². The zero-order valence-corrected chi connectivity index (χ0v) is 11.6. The number of hydrogen-bond acceptors (Lipinski definition) is 5. The van der Waals surface area contributed by atoms with Gasteiger partial charge in [0.05, 0.1) is 16.9 Å². The van der Waals surface area contributed by atoms with E-state index in [1.165, 1.54) is 6.07 Å². The maximum atomic E-state index is 11.7. The van der Waals surface area contributed by atoms with Crippen LogP contribution < -0.4 is 10.7 Å². The highest BCUT2D eigenvalue weighted by molar-refractivity contribution is 8.00. The molecule has 0 saturated carbocycles. The average Bonchev–Trinajstić information content (AvgIpc) is 2.45. The van der Waals surface area contributed by atoms with Crippen LogP contribution in [0, 0.1) is 0 Å². The molecule has 0 saturated heterocycles. The summed E-state index contributed by atoms with van der Waals surface area (Å²) in [5, 5.41) is 10.5. The molecule has 0 radical (unpaired) electrons. The number of H-pyrrole nitrogens is 1. The van der Waals surface area contributed by atoms with Crippen LogP contribution in [-0.4, -0.2) is 21.2 Å². The molecule has 1 N–H and O–H groups in total. The summed E-state index contributed by atoms with van der Waals surface area (Å²) in [6.07, 6.45) is 0.395. The first kappa shape index (κ1) is 14.3. The molecule has 6 heteroatoms. The van der Waals surface area contributed by atoms with Crippen LogP contribution in [0.2, 0.25) is 0 Å².